The van der Waals surface area contributed by atoms with Gasteiger partial charge in [0, 0.05) is 6.42 Å². The molecule has 0 bridgehead atoms. The first-order chi connectivity index (χ1) is 31.0. The van der Waals surface area contributed by atoms with Crippen LogP contribution >= 0.6 is 0 Å². The molecule has 0 saturated carbocycles. The molecule has 0 heterocycles. The van der Waals surface area contributed by atoms with Gasteiger partial charge in [0.15, 0.2) is 0 Å². The van der Waals surface area contributed by atoms with Crippen LogP contribution in [0.2, 0.25) is 0 Å². The van der Waals surface area contributed by atoms with Crippen LogP contribution in [-0.4, -0.2) is 46.9 Å². The summed E-state index contributed by atoms with van der Waals surface area (Å²) in [6.45, 7) is 6.42. The van der Waals surface area contributed by atoms with Crippen LogP contribution in [0.1, 0.15) is 265 Å². The summed E-state index contributed by atoms with van der Waals surface area (Å²) >= 11 is 0. The molecule has 0 aliphatic heterocycles. The number of carbonyl (C=O) groups excluding carboxylic acids is 2. The molecule has 3 atom stereocenters. The van der Waals surface area contributed by atoms with E-state index < -0.39 is 18.2 Å². The molecule has 0 aromatic carbocycles. The third-order valence-corrected chi connectivity index (χ3v) is 12.1. The number of hydrogen-bond acceptors (Lipinski definition) is 5. The lowest BCUT2D eigenvalue weighted by Gasteiger charge is -2.24. The number of hydrogen-bond donors (Lipinski definition) is 3. The first-order valence-electron chi connectivity index (χ1n) is 27.0. The molecule has 0 rings (SSSR count). The highest BCUT2D eigenvalue weighted by Crippen LogP contribution is 2.17. The van der Waals surface area contributed by atoms with Crippen LogP contribution in [0.25, 0.3) is 0 Å². The first-order valence-corrected chi connectivity index (χ1v) is 27.0. The number of esters is 1. The van der Waals surface area contributed by atoms with Crippen LogP contribution in [0, 0.1) is 0 Å². The molecule has 0 aromatic heterocycles. The monoisotopic (exact) mass is 882 g/mol. The molecule has 0 radical (unpaired) electrons. The van der Waals surface area contributed by atoms with Gasteiger partial charge in [-0.3, -0.25) is 9.59 Å². The van der Waals surface area contributed by atoms with Crippen LogP contribution in [0.5, 0.6) is 0 Å². The lowest BCUT2D eigenvalue weighted by atomic mass is 10.0. The van der Waals surface area contributed by atoms with Crippen molar-refractivity contribution in [2.45, 2.75) is 283 Å². The average molecular weight is 882 g/mol. The molecular weight excluding hydrogens is 779 g/mol. The van der Waals surface area contributed by atoms with E-state index in [9.17, 15) is 19.8 Å². The minimum Gasteiger partial charge on any atom is -0.462 e. The van der Waals surface area contributed by atoms with Gasteiger partial charge in [0.1, 0.15) is 6.10 Å². The fourth-order valence-corrected chi connectivity index (χ4v) is 7.94. The number of allylic oxidation sites excluding steroid dienone is 10. The number of unbranched alkanes of at least 4 members (excludes halogenated alkanes) is 26. The largest absolute Gasteiger partial charge is 0.462 e. The Kier molecular flexibility index (Phi) is 48.6. The van der Waals surface area contributed by atoms with Gasteiger partial charge in [-0.2, -0.15) is 0 Å². The van der Waals surface area contributed by atoms with Crippen LogP contribution in [0.3, 0.4) is 0 Å². The highest BCUT2D eigenvalue weighted by molar-refractivity contribution is 5.77. The van der Waals surface area contributed by atoms with Gasteiger partial charge in [0.2, 0.25) is 5.91 Å². The smallest absolute Gasteiger partial charge is 0.306 e. The van der Waals surface area contributed by atoms with Crippen molar-refractivity contribution in [3.8, 4) is 0 Å². The van der Waals surface area contributed by atoms with E-state index in [0.717, 1.165) is 89.9 Å². The fourth-order valence-electron chi connectivity index (χ4n) is 7.94. The zero-order valence-corrected chi connectivity index (χ0v) is 41.7. The summed E-state index contributed by atoms with van der Waals surface area (Å²) in [5.74, 6) is -0.499. The van der Waals surface area contributed by atoms with Gasteiger partial charge in [0.05, 0.1) is 25.2 Å². The zero-order chi connectivity index (χ0) is 45.9. The van der Waals surface area contributed by atoms with E-state index in [0.29, 0.717) is 19.3 Å². The number of nitrogens with one attached hydrogen (secondary N) is 1. The second kappa shape index (κ2) is 50.6. The van der Waals surface area contributed by atoms with Crippen molar-refractivity contribution >= 4 is 11.9 Å². The summed E-state index contributed by atoms with van der Waals surface area (Å²) < 4.78 is 5.94. The minimum absolute atomic E-state index is 0.0618. The van der Waals surface area contributed by atoms with Crippen molar-refractivity contribution in [3.63, 3.8) is 0 Å². The topological polar surface area (TPSA) is 95.9 Å². The van der Waals surface area contributed by atoms with Crippen molar-refractivity contribution in [1.29, 1.82) is 0 Å². The normalized spacial score (nSPS) is 13.7. The highest BCUT2D eigenvalue weighted by atomic mass is 16.5. The van der Waals surface area contributed by atoms with Gasteiger partial charge in [0.25, 0.3) is 0 Å². The Morgan fingerprint density at radius 1 is 0.460 bits per heavy atom. The molecule has 6 heteroatoms. The summed E-state index contributed by atoms with van der Waals surface area (Å²) in [5.41, 5.74) is 0. The maximum atomic E-state index is 13.2. The van der Waals surface area contributed by atoms with Crippen molar-refractivity contribution in [2.75, 3.05) is 6.61 Å². The summed E-state index contributed by atoms with van der Waals surface area (Å²) in [6, 6.07) is -0.709. The predicted octanol–water partition coefficient (Wildman–Crippen LogP) is 16.4. The maximum Gasteiger partial charge on any atom is 0.306 e. The quantitative estimate of drug-likeness (QED) is 0.0321. The molecule has 0 aromatic rings. The molecule has 3 unspecified atom stereocenters. The third kappa shape index (κ3) is 45.9. The van der Waals surface area contributed by atoms with E-state index >= 15 is 0 Å². The van der Waals surface area contributed by atoms with Crippen LogP contribution in [0.4, 0.5) is 0 Å². The van der Waals surface area contributed by atoms with Crippen LogP contribution < -0.4 is 5.32 Å². The van der Waals surface area contributed by atoms with Crippen molar-refractivity contribution in [1.82, 2.24) is 5.32 Å². The SMILES string of the molecule is CCCCC/C=C\C/C=C\C/C=C\CCCCCCCCC(=O)OC(CCCCCCC/C=C\C/C=C\CCCCC)CC(=O)NC(CO)C(O)CCCCCCCCCCCC. The van der Waals surface area contributed by atoms with Crippen LogP contribution in [-0.2, 0) is 14.3 Å². The Bertz CT molecular complexity index is 1130. The summed E-state index contributed by atoms with van der Waals surface area (Å²) in [6.07, 6.45) is 62.8. The maximum absolute atomic E-state index is 13.2. The molecule has 0 aliphatic rings. The van der Waals surface area contributed by atoms with Gasteiger partial charge in [-0.05, 0) is 96.3 Å². The van der Waals surface area contributed by atoms with Gasteiger partial charge < -0.3 is 20.3 Å². The number of aliphatic hydroxyl groups is 2. The van der Waals surface area contributed by atoms with E-state index in [4.69, 9.17) is 4.74 Å². The highest BCUT2D eigenvalue weighted by Gasteiger charge is 2.24. The van der Waals surface area contributed by atoms with E-state index in [-0.39, 0.29) is 24.9 Å². The predicted molar refractivity (Wildman–Crippen MR) is 273 cm³/mol. The average Bonchev–Trinajstić information content (AvgIpc) is 3.28. The Morgan fingerprint density at radius 2 is 0.810 bits per heavy atom. The molecule has 0 fully saturated rings. The second-order valence-corrected chi connectivity index (χ2v) is 18.3. The Hall–Kier alpha value is -2.44. The molecule has 6 nitrogen and oxygen atoms in total. The van der Waals surface area contributed by atoms with E-state index in [2.05, 4.69) is 86.8 Å². The van der Waals surface area contributed by atoms with E-state index in [1.807, 2.05) is 0 Å². The van der Waals surface area contributed by atoms with Crippen molar-refractivity contribution in [2.24, 2.45) is 0 Å². The fraction of sp³-hybridized carbons (Fsp3) is 0.789. The Balaban J connectivity index is 4.60. The molecule has 1 amide bonds. The van der Waals surface area contributed by atoms with Crippen LogP contribution in [0.15, 0.2) is 60.8 Å². The van der Waals surface area contributed by atoms with Crippen molar-refractivity contribution < 1.29 is 24.5 Å². The summed E-state index contributed by atoms with van der Waals surface area (Å²) in [4.78, 5) is 26.2. The molecule has 0 spiro atoms. The Labute approximate surface area is 390 Å². The van der Waals surface area contributed by atoms with E-state index in [1.54, 1.807) is 0 Å². The third-order valence-electron chi connectivity index (χ3n) is 12.1. The molecule has 0 saturated heterocycles. The van der Waals surface area contributed by atoms with Gasteiger partial charge in [-0.1, -0.05) is 216 Å². The zero-order valence-electron chi connectivity index (χ0n) is 41.7. The Morgan fingerprint density at radius 3 is 1.25 bits per heavy atom. The lowest BCUT2D eigenvalue weighted by molar-refractivity contribution is -0.151. The number of ether oxygens (including phenoxy) is 1. The first kappa shape index (κ1) is 60.6. The molecule has 0 aliphatic carbocycles. The molecular formula is C57H103NO5. The summed E-state index contributed by atoms with van der Waals surface area (Å²) in [5, 5.41) is 23.7. The molecule has 366 valence electrons. The van der Waals surface area contributed by atoms with Gasteiger partial charge in [-0.15, -0.1) is 0 Å². The standard InChI is InChI=1S/C57H103NO5/c1-4-7-10-13-16-19-22-24-26-27-28-29-31-33-35-38-41-44-47-50-57(62)63-53(48-45-42-39-36-34-32-30-25-23-20-17-14-11-8-5-2)51-56(61)58-54(52-59)55(60)49-46-43-40-37-21-18-15-12-9-6-3/h16-17,19-20,24-26,28-30,53-55,59-60H,4-15,18,21-23,27,31-52H2,1-3H3,(H,58,61)/b19-16-,20-17-,26-24-,29-28-,30-25-. The second-order valence-electron chi connectivity index (χ2n) is 18.3. The number of aliphatic hydroxyl groups excluding tert-OH is 2. The minimum atomic E-state index is -0.794. The lowest BCUT2D eigenvalue weighted by Crippen LogP contribution is -2.46. The molecule has 63 heavy (non-hydrogen) atoms. The van der Waals surface area contributed by atoms with Gasteiger partial charge in [-0.25, -0.2) is 0 Å². The number of amides is 1. The number of carbonyl (C=O) groups is 2. The summed E-state index contributed by atoms with van der Waals surface area (Å²) in [7, 11) is 0. The number of rotatable bonds is 48. The van der Waals surface area contributed by atoms with Crippen molar-refractivity contribution in [3.05, 3.63) is 60.8 Å². The van der Waals surface area contributed by atoms with E-state index in [1.165, 1.54) is 128 Å². The van der Waals surface area contributed by atoms with Gasteiger partial charge >= 0.3 is 5.97 Å². The molecule has 3 N–H and O–H groups in total.